The number of amides is 2. The maximum Gasteiger partial charge on any atom is 0.270 e. The number of benzene rings is 1. The van der Waals surface area contributed by atoms with Gasteiger partial charge in [0.1, 0.15) is 18.4 Å². The van der Waals surface area contributed by atoms with Crippen molar-refractivity contribution in [3.05, 3.63) is 42.5 Å². The van der Waals surface area contributed by atoms with Crippen LogP contribution in [0.25, 0.3) is 5.69 Å². The first-order chi connectivity index (χ1) is 11.6. The molecule has 0 unspecified atom stereocenters. The van der Waals surface area contributed by atoms with Crippen LogP contribution < -0.4 is 5.43 Å². The van der Waals surface area contributed by atoms with Gasteiger partial charge < -0.3 is 4.90 Å². The lowest BCUT2D eigenvalue weighted by Crippen LogP contribution is -2.39. The minimum atomic E-state index is -0.178. The quantitative estimate of drug-likeness (QED) is 0.909. The lowest BCUT2D eigenvalue weighted by atomic mass is 10.1. The van der Waals surface area contributed by atoms with Gasteiger partial charge in [0.2, 0.25) is 5.91 Å². The van der Waals surface area contributed by atoms with Gasteiger partial charge in [-0.3, -0.25) is 9.59 Å². The summed E-state index contributed by atoms with van der Waals surface area (Å²) >= 11 is 0. The number of carbonyl (C=O) groups excluding carboxylic acids is 2. The zero-order valence-electron chi connectivity index (χ0n) is 13.5. The van der Waals surface area contributed by atoms with Crippen molar-refractivity contribution >= 4 is 17.5 Å². The summed E-state index contributed by atoms with van der Waals surface area (Å²) in [6.45, 7) is 1.95. The molecule has 0 saturated carbocycles. The molecular weight excluding hydrogens is 308 g/mol. The third-order valence-electron chi connectivity index (χ3n) is 4.11. The Hall–Kier alpha value is -3.03. The van der Waals surface area contributed by atoms with Gasteiger partial charge in [-0.15, -0.1) is 0 Å². The SMILES string of the molecule is C[C@@H](c1ccc(-n2cncn2)cc1)N(C)C(=O)C1=NNC(=O)CC1. The molecule has 3 rings (SSSR count). The molecule has 1 aromatic carbocycles. The summed E-state index contributed by atoms with van der Waals surface area (Å²) in [5.41, 5.74) is 4.63. The molecule has 2 heterocycles. The van der Waals surface area contributed by atoms with Gasteiger partial charge in [-0.05, 0) is 24.6 Å². The molecule has 1 atom stereocenters. The van der Waals surface area contributed by atoms with Crippen molar-refractivity contribution in [2.75, 3.05) is 7.05 Å². The van der Waals surface area contributed by atoms with Crippen LogP contribution in [0.1, 0.15) is 31.4 Å². The minimum Gasteiger partial charge on any atom is -0.334 e. The number of hydrogen-bond acceptors (Lipinski definition) is 5. The van der Waals surface area contributed by atoms with Crippen LogP contribution in [0.5, 0.6) is 0 Å². The number of nitrogens with zero attached hydrogens (tertiary/aromatic N) is 5. The van der Waals surface area contributed by atoms with E-state index in [-0.39, 0.29) is 17.9 Å². The largest absolute Gasteiger partial charge is 0.334 e. The van der Waals surface area contributed by atoms with Crippen LogP contribution in [0, 0.1) is 0 Å². The molecule has 1 aromatic heterocycles. The summed E-state index contributed by atoms with van der Waals surface area (Å²) in [5.74, 6) is -0.339. The van der Waals surface area contributed by atoms with Crippen LogP contribution in [0.2, 0.25) is 0 Å². The van der Waals surface area contributed by atoms with Crippen molar-refractivity contribution in [2.45, 2.75) is 25.8 Å². The molecule has 8 nitrogen and oxygen atoms in total. The van der Waals surface area contributed by atoms with Crippen molar-refractivity contribution in [3.63, 3.8) is 0 Å². The standard InChI is InChI=1S/C16H18N6O2/c1-11(21(2)16(24)14-7-8-15(23)20-19-14)12-3-5-13(6-4-12)22-10-17-9-18-22/h3-6,9-11H,7-8H2,1-2H3,(H,20,23)/t11-/m0/s1. The highest BCUT2D eigenvalue weighted by Gasteiger charge is 2.25. The van der Waals surface area contributed by atoms with Crippen LogP contribution in [0.15, 0.2) is 42.0 Å². The highest BCUT2D eigenvalue weighted by molar-refractivity contribution is 6.39. The summed E-state index contributed by atoms with van der Waals surface area (Å²) < 4.78 is 1.67. The van der Waals surface area contributed by atoms with E-state index < -0.39 is 0 Å². The Morgan fingerprint density at radius 3 is 2.62 bits per heavy atom. The fraction of sp³-hybridized carbons (Fsp3) is 0.312. The summed E-state index contributed by atoms with van der Waals surface area (Å²) in [4.78, 5) is 29.2. The maximum absolute atomic E-state index is 12.5. The van der Waals surface area contributed by atoms with E-state index in [1.807, 2.05) is 31.2 Å². The normalized spacial score (nSPS) is 15.4. The Kier molecular flexibility index (Phi) is 4.37. The smallest absolute Gasteiger partial charge is 0.270 e. The molecule has 124 valence electrons. The Morgan fingerprint density at radius 1 is 1.29 bits per heavy atom. The number of rotatable bonds is 4. The van der Waals surface area contributed by atoms with Gasteiger partial charge in [0.25, 0.3) is 5.91 Å². The molecule has 1 aliphatic rings. The topological polar surface area (TPSA) is 92.5 Å². The highest BCUT2D eigenvalue weighted by atomic mass is 16.2. The molecule has 1 N–H and O–H groups in total. The second kappa shape index (κ2) is 6.61. The van der Waals surface area contributed by atoms with Gasteiger partial charge in [0.15, 0.2) is 0 Å². The fourth-order valence-corrected chi connectivity index (χ4v) is 2.48. The van der Waals surface area contributed by atoms with E-state index in [0.29, 0.717) is 18.6 Å². The van der Waals surface area contributed by atoms with E-state index in [2.05, 4.69) is 20.6 Å². The number of hydrogen-bond donors (Lipinski definition) is 1. The second-order valence-corrected chi connectivity index (χ2v) is 5.62. The molecule has 0 spiro atoms. The van der Waals surface area contributed by atoms with Gasteiger partial charge in [-0.2, -0.15) is 10.2 Å². The average Bonchev–Trinajstić information content (AvgIpc) is 3.15. The van der Waals surface area contributed by atoms with Crippen LogP contribution in [0.3, 0.4) is 0 Å². The Bertz CT molecular complexity index is 766. The molecular formula is C16H18N6O2. The molecule has 24 heavy (non-hydrogen) atoms. The molecule has 0 saturated heterocycles. The summed E-state index contributed by atoms with van der Waals surface area (Å²) in [6.07, 6.45) is 3.77. The summed E-state index contributed by atoms with van der Waals surface area (Å²) in [5, 5.41) is 7.95. The monoisotopic (exact) mass is 326 g/mol. The number of aromatic nitrogens is 3. The van der Waals surface area contributed by atoms with Crippen LogP contribution in [0.4, 0.5) is 0 Å². The van der Waals surface area contributed by atoms with Gasteiger partial charge >= 0.3 is 0 Å². The lowest BCUT2D eigenvalue weighted by Gasteiger charge is -2.26. The minimum absolute atomic E-state index is 0.123. The van der Waals surface area contributed by atoms with Crippen molar-refractivity contribution < 1.29 is 9.59 Å². The third kappa shape index (κ3) is 3.17. The van der Waals surface area contributed by atoms with Crippen molar-refractivity contribution in [2.24, 2.45) is 5.10 Å². The zero-order valence-corrected chi connectivity index (χ0v) is 13.5. The first-order valence-electron chi connectivity index (χ1n) is 7.64. The molecule has 0 radical (unpaired) electrons. The highest BCUT2D eigenvalue weighted by Crippen LogP contribution is 2.21. The van der Waals surface area contributed by atoms with Crippen molar-refractivity contribution in [1.29, 1.82) is 0 Å². The van der Waals surface area contributed by atoms with E-state index >= 15 is 0 Å². The maximum atomic E-state index is 12.5. The summed E-state index contributed by atoms with van der Waals surface area (Å²) in [7, 11) is 1.73. The predicted molar refractivity (Wildman–Crippen MR) is 87.4 cm³/mol. The number of hydrazone groups is 1. The number of carbonyl (C=O) groups is 2. The Balaban J connectivity index is 1.72. The molecule has 1 aliphatic heterocycles. The van der Waals surface area contributed by atoms with E-state index in [0.717, 1.165) is 11.3 Å². The lowest BCUT2D eigenvalue weighted by molar-refractivity contribution is -0.125. The average molecular weight is 326 g/mol. The second-order valence-electron chi connectivity index (χ2n) is 5.62. The van der Waals surface area contributed by atoms with E-state index in [4.69, 9.17) is 0 Å². The van der Waals surface area contributed by atoms with E-state index in [1.54, 1.807) is 23.0 Å². The molecule has 2 amide bonds. The van der Waals surface area contributed by atoms with Gasteiger partial charge in [0.05, 0.1) is 11.7 Å². The zero-order chi connectivity index (χ0) is 17.1. The Labute approximate surface area is 139 Å². The summed E-state index contributed by atoms with van der Waals surface area (Å²) in [6, 6.07) is 7.64. The fourth-order valence-electron chi connectivity index (χ4n) is 2.48. The predicted octanol–water partition coefficient (Wildman–Crippen LogP) is 1.05. The number of nitrogens with one attached hydrogen (secondary N) is 1. The van der Waals surface area contributed by atoms with Gasteiger partial charge in [0, 0.05) is 19.9 Å². The first kappa shape index (κ1) is 15.9. The molecule has 2 aromatic rings. The van der Waals surface area contributed by atoms with Crippen LogP contribution in [-0.4, -0.2) is 44.2 Å². The molecule has 0 fully saturated rings. The van der Waals surface area contributed by atoms with Crippen LogP contribution in [-0.2, 0) is 9.59 Å². The van der Waals surface area contributed by atoms with Crippen molar-refractivity contribution in [1.82, 2.24) is 25.1 Å². The van der Waals surface area contributed by atoms with Crippen molar-refractivity contribution in [3.8, 4) is 5.69 Å². The third-order valence-corrected chi connectivity index (χ3v) is 4.11. The van der Waals surface area contributed by atoms with E-state index in [9.17, 15) is 9.59 Å². The van der Waals surface area contributed by atoms with E-state index in [1.165, 1.54) is 6.33 Å². The molecule has 0 aliphatic carbocycles. The first-order valence-corrected chi connectivity index (χ1v) is 7.64. The Morgan fingerprint density at radius 2 is 2.04 bits per heavy atom. The van der Waals surface area contributed by atoms with Gasteiger partial charge in [-0.1, -0.05) is 12.1 Å². The molecule has 0 bridgehead atoms. The van der Waals surface area contributed by atoms with Gasteiger partial charge in [-0.25, -0.2) is 15.1 Å². The van der Waals surface area contributed by atoms with Crippen LogP contribution >= 0.6 is 0 Å². The molecule has 8 heteroatoms.